The van der Waals surface area contributed by atoms with Crippen LogP contribution in [0.3, 0.4) is 0 Å². The van der Waals surface area contributed by atoms with Crippen LogP contribution < -0.4 is 16.4 Å². The van der Waals surface area contributed by atoms with Crippen LogP contribution in [0.1, 0.15) is 50.5 Å². The number of rotatable bonds is 15. The van der Waals surface area contributed by atoms with Gasteiger partial charge in [0.1, 0.15) is 6.04 Å². The Hall–Kier alpha value is -4.26. The van der Waals surface area contributed by atoms with Gasteiger partial charge in [0, 0.05) is 37.4 Å². The van der Waals surface area contributed by atoms with Crippen LogP contribution in [0.2, 0.25) is 0 Å². The van der Waals surface area contributed by atoms with E-state index in [1.54, 1.807) is 51.1 Å². The van der Waals surface area contributed by atoms with Crippen molar-refractivity contribution < 1.29 is 27.9 Å². The number of anilines is 1. The molecule has 0 saturated carbocycles. The van der Waals surface area contributed by atoms with Gasteiger partial charge in [-0.25, -0.2) is 8.42 Å². The molecule has 0 aliphatic carbocycles. The highest BCUT2D eigenvalue weighted by Gasteiger charge is 2.37. The Labute approximate surface area is 278 Å². The van der Waals surface area contributed by atoms with E-state index in [9.17, 15) is 27.9 Å². The van der Waals surface area contributed by atoms with Crippen molar-refractivity contribution in [3.8, 4) is 0 Å². The predicted molar refractivity (Wildman–Crippen MR) is 182 cm³/mol. The summed E-state index contributed by atoms with van der Waals surface area (Å²) in [7, 11) is -3.99. The minimum Gasteiger partial charge on any atom is -0.399 e. The van der Waals surface area contributed by atoms with E-state index in [0.29, 0.717) is 11.3 Å². The summed E-state index contributed by atoms with van der Waals surface area (Å²) in [6.07, 6.45) is -1.26. The molecule has 0 fully saturated rings. The first-order valence-electron chi connectivity index (χ1n) is 15.6. The van der Waals surface area contributed by atoms with Crippen LogP contribution in [0.4, 0.5) is 5.69 Å². The third-order valence-corrected chi connectivity index (χ3v) is 9.17. The number of aliphatic hydroxyl groups excluding tert-OH is 1. The zero-order chi connectivity index (χ0) is 34.8. The number of nitrogens with zero attached hydrogens (tertiary/aromatic N) is 2. The number of hydrogen-bond acceptors (Lipinski definition) is 7. The molecule has 0 heterocycles. The van der Waals surface area contributed by atoms with Gasteiger partial charge in [0.2, 0.25) is 21.8 Å². The maximum atomic E-state index is 14.2. The summed E-state index contributed by atoms with van der Waals surface area (Å²) in [4.78, 5) is 41.2. The second-order valence-electron chi connectivity index (χ2n) is 13.1. The molecule has 0 aliphatic heterocycles. The van der Waals surface area contributed by atoms with Gasteiger partial charge in [-0.1, -0.05) is 83.1 Å². The molecule has 0 aliphatic rings. The first-order valence-corrected chi connectivity index (χ1v) is 17.0. The van der Waals surface area contributed by atoms with Crippen molar-refractivity contribution in [1.82, 2.24) is 19.8 Å². The summed E-state index contributed by atoms with van der Waals surface area (Å²) >= 11 is 0. The number of benzene rings is 3. The van der Waals surface area contributed by atoms with E-state index >= 15 is 0 Å². The Kier molecular flexibility index (Phi) is 13.1. The molecule has 0 bridgehead atoms. The average Bonchev–Trinajstić information content (AvgIpc) is 3.02. The van der Waals surface area contributed by atoms with Crippen molar-refractivity contribution in [3.05, 3.63) is 96.1 Å². The van der Waals surface area contributed by atoms with Crippen LogP contribution in [-0.2, 0) is 26.2 Å². The fourth-order valence-corrected chi connectivity index (χ4v) is 6.59. The van der Waals surface area contributed by atoms with Crippen LogP contribution >= 0.6 is 0 Å². The Morgan fingerprint density at radius 1 is 0.851 bits per heavy atom. The smallest absolute Gasteiger partial charge is 0.251 e. The van der Waals surface area contributed by atoms with Crippen molar-refractivity contribution in [2.45, 2.75) is 58.2 Å². The topological polar surface area (TPSA) is 162 Å². The average molecular weight is 666 g/mol. The third-order valence-electron chi connectivity index (χ3n) is 7.32. The van der Waals surface area contributed by atoms with Crippen LogP contribution in [0, 0.1) is 11.3 Å². The van der Waals surface area contributed by atoms with Gasteiger partial charge >= 0.3 is 0 Å². The van der Waals surface area contributed by atoms with Crippen molar-refractivity contribution in [2.75, 3.05) is 31.9 Å². The van der Waals surface area contributed by atoms with Gasteiger partial charge < -0.3 is 26.4 Å². The highest BCUT2D eigenvalue weighted by molar-refractivity contribution is 7.89. The van der Waals surface area contributed by atoms with Gasteiger partial charge in [0.05, 0.1) is 17.5 Å². The Morgan fingerprint density at radius 2 is 1.43 bits per heavy atom. The van der Waals surface area contributed by atoms with Gasteiger partial charge in [-0.2, -0.15) is 4.31 Å². The summed E-state index contributed by atoms with van der Waals surface area (Å²) < 4.78 is 28.4. The number of amides is 3. The minimum atomic E-state index is -3.99. The number of nitrogens with one attached hydrogen (secondary N) is 2. The highest BCUT2D eigenvalue weighted by atomic mass is 32.2. The molecule has 0 radical (unpaired) electrons. The summed E-state index contributed by atoms with van der Waals surface area (Å²) in [6, 6.07) is 22.5. The fourth-order valence-electron chi connectivity index (χ4n) is 4.95. The van der Waals surface area contributed by atoms with Crippen molar-refractivity contribution in [1.29, 1.82) is 0 Å². The lowest BCUT2D eigenvalue weighted by atomic mass is 9.85. The van der Waals surface area contributed by atoms with Gasteiger partial charge in [0.15, 0.2) is 0 Å². The molecule has 3 aromatic carbocycles. The first kappa shape index (κ1) is 37.2. The normalized spacial score (nSPS) is 13.2. The van der Waals surface area contributed by atoms with Crippen LogP contribution in [0.5, 0.6) is 0 Å². The zero-order valence-electron chi connectivity index (χ0n) is 27.7. The van der Waals surface area contributed by atoms with Crippen molar-refractivity contribution in [2.24, 2.45) is 11.3 Å². The summed E-state index contributed by atoms with van der Waals surface area (Å²) in [5.74, 6) is -1.48. The standard InChI is InChI=1S/C35H47N5O6S/c1-25(2)21-40(47(45,46)30-18-16-28(36)17-19-30)24-29(41)23-39(22-26-12-8-6-9-13-26)34(44)32(35(3,4)5)38-31(42)20-37-33(43)27-14-10-7-11-15-27/h6-19,25,29,32,41H,20-24,36H2,1-5H3,(H,37,43)(H,38,42). The molecular formula is C35H47N5O6S. The summed E-state index contributed by atoms with van der Waals surface area (Å²) in [5.41, 5.74) is 6.62. The summed E-state index contributed by atoms with van der Waals surface area (Å²) in [5, 5.41) is 16.7. The van der Waals surface area contributed by atoms with E-state index < -0.39 is 45.3 Å². The molecule has 3 amide bonds. The van der Waals surface area contributed by atoms with E-state index in [4.69, 9.17) is 5.73 Å². The van der Waals surface area contributed by atoms with E-state index in [2.05, 4.69) is 10.6 Å². The van der Waals surface area contributed by atoms with E-state index in [-0.39, 0.29) is 43.5 Å². The fraction of sp³-hybridized carbons (Fsp3) is 0.400. The second kappa shape index (κ2) is 16.5. The van der Waals surface area contributed by atoms with Crippen LogP contribution in [0.15, 0.2) is 89.8 Å². The number of hydrogen-bond donors (Lipinski definition) is 4. The molecule has 0 spiro atoms. The lowest BCUT2D eigenvalue weighted by Gasteiger charge is -2.36. The van der Waals surface area contributed by atoms with Crippen molar-refractivity contribution >= 4 is 33.4 Å². The van der Waals surface area contributed by atoms with Gasteiger partial charge in [-0.05, 0) is 53.3 Å². The second-order valence-corrected chi connectivity index (χ2v) is 15.0. The Morgan fingerprint density at radius 3 is 1.98 bits per heavy atom. The maximum absolute atomic E-state index is 14.2. The molecule has 2 atom stereocenters. The van der Waals surface area contributed by atoms with E-state index in [0.717, 1.165) is 5.56 Å². The SMILES string of the molecule is CC(C)CN(CC(O)CN(Cc1ccccc1)C(=O)C(NC(=O)CNC(=O)c1ccccc1)C(C)(C)C)S(=O)(=O)c1ccc(N)cc1. The lowest BCUT2D eigenvalue weighted by Crippen LogP contribution is -2.57. The molecular weight excluding hydrogens is 618 g/mol. The number of nitrogen functional groups attached to an aromatic ring is 1. The molecule has 47 heavy (non-hydrogen) atoms. The third kappa shape index (κ3) is 11.2. The molecule has 3 rings (SSSR count). The first-order chi connectivity index (χ1) is 22.1. The number of sulfonamides is 1. The quantitative estimate of drug-likeness (QED) is 0.181. The molecule has 5 N–H and O–H groups in total. The molecule has 0 saturated heterocycles. The van der Waals surface area contributed by atoms with Crippen LogP contribution in [-0.4, -0.2) is 78.8 Å². The van der Waals surface area contributed by atoms with Gasteiger partial charge in [-0.15, -0.1) is 0 Å². The number of nitrogens with two attached hydrogens (primary N) is 1. The number of carbonyl (C=O) groups is 3. The van der Waals surface area contributed by atoms with E-state index in [1.165, 1.54) is 33.5 Å². The van der Waals surface area contributed by atoms with Crippen molar-refractivity contribution in [3.63, 3.8) is 0 Å². The van der Waals surface area contributed by atoms with Gasteiger partial charge in [-0.3, -0.25) is 14.4 Å². The van der Waals surface area contributed by atoms with Gasteiger partial charge in [0.25, 0.3) is 5.91 Å². The van der Waals surface area contributed by atoms with Crippen LogP contribution in [0.25, 0.3) is 0 Å². The molecule has 0 aromatic heterocycles. The largest absolute Gasteiger partial charge is 0.399 e. The Bertz CT molecular complexity index is 1580. The Balaban J connectivity index is 1.83. The number of aliphatic hydroxyl groups is 1. The molecule has 3 aromatic rings. The minimum absolute atomic E-state index is 0.0457. The molecule has 12 heteroatoms. The maximum Gasteiger partial charge on any atom is 0.251 e. The monoisotopic (exact) mass is 665 g/mol. The molecule has 2 unspecified atom stereocenters. The predicted octanol–water partition coefficient (Wildman–Crippen LogP) is 3.27. The summed E-state index contributed by atoms with van der Waals surface area (Å²) in [6.45, 7) is 8.61. The lowest BCUT2D eigenvalue weighted by molar-refractivity contribution is -0.141. The zero-order valence-corrected chi connectivity index (χ0v) is 28.5. The van der Waals surface area contributed by atoms with E-state index in [1.807, 2.05) is 44.2 Å². The molecule has 11 nitrogen and oxygen atoms in total. The highest BCUT2D eigenvalue weighted by Crippen LogP contribution is 2.23. The molecule has 254 valence electrons. The number of carbonyl (C=O) groups excluding carboxylic acids is 3.